The Morgan fingerprint density at radius 3 is 2.23 bits per heavy atom. The maximum atomic E-state index is 13.1. The first-order chi connectivity index (χ1) is 12.0. The van der Waals surface area contributed by atoms with Crippen molar-refractivity contribution in [1.29, 1.82) is 0 Å². The van der Waals surface area contributed by atoms with E-state index in [2.05, 4.69) is 5.32 Å². The summed E-state index contributed by atoms with van der Waals surface area (Å²) in [6.45, 7) is 5.45. The van der Waals surface area contributed by atoms with Gasteiger partial charge in [0.1, 0.15) is 9.46 Å². The third-order valence-electron chi connectivity index (χ3n) is 4.06. The normalized spacial score (nSPS) is 13.3. The summed E-state index contributed by atoms with van der Waals surface area (Å²) >= 11 is 1.19. The van der Waals surface area contributed by atoms with E-state index in [1.807, 2.05) is 43.3 Å². The minimum absolute atomic E-state index is 0.0393. The number of thiophene rings is 1. The molecule has 0 aliphatic heterocycles. The molecule has 2 rings (SSSR count). The molecule has 0 fully saturated rings. The molecule has 1 heterocycles. The van der Waals surface area contributed by atoms with Crippen LogP contribution in [0.1, 0.15) is 31.6 Å². The first-order valence-electron chi connectivity index (χ1n) is 8.36. The maximum Gasteiger partial charge on any atom is 0.225 e. The van der Waals surface area contributed by atoms with E-state index >= 15 is 0 Å². The number of hydrogen-bond donors (Lipinski definition) is 1. The predicted octanol–water partition coefficient (Wildman–Crippen LogP) is 3.49. The minimum Gasteiger partial charge on any atom is -0.378 e. The lowest BCUT2D eigenvalue weighted by molar-refractivity contribution is -0.128. The molecule has 0 radical (unpaired) electrons. The van der Waals surface area contributed by atoms with Gasteiger partial charge in [0, 0.05) is 31.7 Å². The van der Waals surface area contributed by atoms with Crippen LogP contribution >= 0.6 is 11.3 Å². The van der Waals surface area contributed by atoms with Crippen LogP contribution in [0.5, 0.6) is 0 Å². The maximum absolute atomic E-state index is 13.1. The van der Waals surface area contributed by atoms with Gasteiger partial charge in [-0.3, -0.25) is 4.79 Å². The van der Waals surface area contributed by atoms with Gasteiger partial charge < -0.3 is 10.2 Å². The molecule has 0 aliphatic carbocycles. The van der Waals surface area contributed by atoms with Crippen molar-refractivity contribution in [2.75, 3.05) is 25.5 Å². The van der Waals surface area contributed by atoms with Gasteiger partial charge >= 0.3 is 0 Å². The summed E-state index contributed by atoms with van der Waals surface area (Å²) in [5.41, 5.74) is 1.07. The zero-order valence-electron chi connectivity index (χ0n) is 15.8. The topological polar surface area (TPSA) is 66.5 Å². The van der Waals surface area contributed by atoms with E-state index in [0.29, 0.717) is 9.77 Å². The minimum atomic E-state index is -3.59. The average Bonchev–Trinajstić information content (AvgIpc) is 3.09. The summed E-state index contributed by atoms with van der Waals surface area (Å²) in [7, 11) is 0.263. The van der Waals surface area contributed by atoms with Crippen molar-refractivity contribution in [1.82, 2.24) is 5.32 Å². The number of sulfone groups is 1. The smallest absolute Gasteiger partial charge is 0.225 e. The lowest BCUT2D eigenvalue weighted by Gasteiger charge is -2.23. The Labute approximate surface area is 160 Å². The molecule has 5 nitrogen and oxygen atoms in total. The second kappa shape index (κ2) is 7.80. The monoisotopic (exact) mass is 394 g/mol. The molecular weight excluding hydrogens is 368 g/mol. The van der Waals surface area contributed by atoms with Gasteiger partial charge in [-0.15, -0.1) is 11.3 Å². The fraction of sp³-hybridized carbons (Fsp3) is 0.421. The van der Waals surface area contributed by atoms with Crippen LogP contribution in [0.4, 0.5) is 5.69 Å². The second-order valence-corrected chi connectivity index (χ2v) is 10.7. The number of benzene rings is 1. The molecule has 1 N–H and O–H groups in total. The number of rotatable bonds is 6. The quantitative estimate of drug-likeness (QED) is 0.814. The van der Waals surface area contributed by atoms with E-state index in [-0.39, 0.29) is 12.5 Å². The number of anilines is 1. The number of amides is 1. The van der Waals surface area contributed by atoms with Gasteiger partial charge in [-0.25, -0.2) is 8.42 Å². The molecule has 0 unspecified atom stereocenters. The summed E-state index contributed by atoms with van der Waals surface area (Å²) < 4.78 is 26.6. The van der Waals surface area contributed by atoms with Crippen LogP contribution in [0, 0.1) is 5.41 Å². The van der Waals surface area contributed by atoms with E-state index in [4.69, 9.17) is 0 Å². The van der Waals surface area contributed by atoms with Gasteiger partial charge in [0.2, 0.25) is 5.91 Å². The average molecular weight is 395 g/mol. The lowest BCUT2D eigenvalue weighted by Crippen LogP contribution is -2.38. The van der Waals surface area contributed by atoms with Gasteiger partial charge in [-0.1, -0.05) is 39.0 Å². The molecule has 26 heavy (non-hydrogen) atoms. The van der Waals surface area contributed by atoms with Crippen LogP contribution in [0.2, 0.25) is 0 Å². The Balaban J connectivity index is 2.37. The standard InChI is InChI=1S/C19H26N2O3S2/c1-19(2,3)18(22)20-13-16(26(23,24)17-7-6-12-25-17)14-8-10-15(11-9-14)21(4)5/h6-12,16H,13H2,1-5H3,(H,20,22)/t16-/m1/s1. The molecule has 0 bridgehead atoms. The molecule has 7 heteroatoms. The van der Waals surface area contributed by atoms with E-state index in [0.717, 1.165) is 5.69 Å². The Bertz CT molecular complexity index is 834. The van der Waals surface area contributed by atoms with E-state index < -0.39 is 20.5 Å². The van der Waals surface area contributed by atoms with Crippen LogP contribution < -0.4 is 10.2 Å². The SMILES string of the molecule is CN(C)c1ccc([C@@H](CNC(=O)C(C)(C)C)S(=O)(=O)c2cccs2)cc1. The van der Waals surface area contributed by atoms with Gasteiger partial charge in [0.05, 0.1) is 0 Å². The van der Waals surface area contributed by atoms with Gasteiger partial charge in [0.25, 0.3) is 0 Å². The molecule has 142 valence electrons. The number of hydrogen-bond acceptors (Lipinski definition) is 5. The number of carbonyl (C=O) groups excluding carboxylic acids is 1. The fourth-order valence-electron chi connectivity index (χ4n) is 2.41. The first kappa shape index (κ1) is 20.5. The van der Waals surface area contributed by atoms with Crippen molar-refractivity contribution < 1.29 is 13.2 Å². The third-order valence-corrected chi connectivity index (χ3v) is 7.59. The summed E-state index contributed by atoms with van der Waals surface area (Å²) in [5, 5.41) is 3.72. The highest BCUT2D eigenvalue weighted by atomic mass is 32.2. The van der Waals surface area contributed by atoms with Crippen molar-refractivity contribution in [3.05, 3.63) is 47.3 Å². The summed E-state index contributed by atoms with van der Waals surface area (Å²) in [6.07, 6.45) is 0. The first-order valence-corrected chi connectivity index (χ1v) is 10.8. The molecule has 1 aromatic carbocycles. The van der Waals surface area contributed by atoms with Gasteiger partial charge in [-0.05, 0) is 29.1 Å². The van der Waals surface area contributed by atoms with Crippen molar-refractivity contribution in [3.8, 4) is 0 Å². The van der Waals surface area contributed by atoms with Gasteiger partial charge in [-0.2, -0.15) is 0 Å². The molecule has 0 spiro atoms. The second-order valence-electron chi connectivity index (χ2n) is 7.41. The van der Waals surface area contributed by atoms with Gasteiger partial charge in [0.15, 0.2) is 9.84 Å². The highest BCUT2D eigenvalue weighted by molar-refractivity contribution is 7.93. The van der Waals surface area contributed by atoms with Crippen LogP contribution in [-0.2, 0) is 14.6 Å². The Kier molecular flexibility index (Phi) is 6.13. The summed E-state index contributed by atoms with van der Waals surface area (Å²) in [6, 6.07) is 10.7. The molecule has 1 atom stereocenters. The van der Waals surface area contributed by atoms with Crippen molar-refractivity contribution in [2.45, 2.75) is 30.2 Å². The molecule has 0 aliphatic rings. The van der Waals surface area contributed by atoms with Crippen LogP contribution in [0.3, 0.4) is 0 Å². The lowest BCUT2D eigenvalue weighted by atomic mass is 9.95. The van der Waals surface area contributed by atoms with Crippen LogP contribution in [0.25, 0.3) is 0 Å². The highest BCUT2D eigenvalue weighted by Crippen LogP contribution is 2.32. The van der Waals surface area contributed by atoms with E-state index in [9.17, 15) is 13.2 Å². The fourth-order valence-corrected chi connectivity index (χ4v) is 5.28. The zero-order chi connectivity index (χ0) is 19.5. The molecule has 0 saturated carbocycles. The van der Waals surface area contributed by atoms with Crippen molar-refractivity contribution >= 4 is 32.8 Å². The molecule has 1 amide bonds. The molecule has 1 aromatic heterocycles. The largest absolute Gasteiger partial charge is 0.378 e. The molecule has 2 aromatic rings. The highest BCUT2D eigenvalue weighted by Gasteiger charge is 2.32. The number of nitrogens with zero attached hydrogens (tertiary/aromatic N) is 1. The molecular formula is C19H26N2O3S2. The number of nitrogens with one attached hydrogen (secondary N) is 1. The van der Waals surface area contributed by atoms with Crippen molar-refractivity contribution in [2.24, 2.45) is 5.41 Å². The van der Waals surface area contributed by atoms with Crippen LogP contribution in [0.15, 0.2) is 46.0 Å². The van der Waals surface area contributed by atoms with Crippen molar-refractivity contribution in [3.63, 3.8) is 0 Å². The predicted molar refractivity (Wildman–Crippen MR) is 107 cm³/mol. The zero-order valence-corrected chi connectivity index (χ0v) is 17.4. The van der Waals surface area contributed by atoms with E-state index in [1.165, 1.54) is 11.3 Å². The Hall–Kier alpha value is -1.86. The summed E-state index contributed by atoms with van der Waals surface area (Å²) in [4.78, 5) is 14.2. The number of carbonyl (C=O) groups is 1. The molecule has 0 saturated heterocycles. The Morgan fingerprint density at radius 2 is 1.77 bits per heavy atom. The Morgan fingerprint density at radius 1 is 1.15 bits per heavy atom. The third kappa shape index (κ3) is 4.65. The van der Waals surface area contributed by atoms with Crippen LogP contribution in [-0.4, -0.2) is 35.0 Å². The van der Waals surface area contributed by atoms with E-state index in [1.54, 1.807) is 38.3 Å². The summed E-state index contributed by atoms with van der Waals surface area (Å²) in [5.74, 6) is -0.172.